The Hall–Kier alpha value is -3.64. The molecule has 0 spiro atoms. The molecular formula is C30H24. The van der Waals surface area contributed by atoms with Gasteiger partial charge in [-0.25, -0.2) is 0 Å². The molecule has 0 bridgehead atoms. The van der Waals surface area contributed by atoms with Crippen LogP contribution in [0, 0.1) is 6.92 Å². The standard InChI is InChI=1S/C30H24/c1-3-8-22-15-19-24(20-16-22)30-27-11-6-4-9-25(27)29(23-17-13-21(2)14-18-23)26-10-5-7-12-28(26)30/h3-20H,1-2H3. The molecular weight excluding hydrogens is 360 g/mol. The summed E-state index contributed by atoms with van der Waals surface area (Å²) in [5.74, 6) is 0. The molecule has 0 saturated carbocycles. The van der Waals surface area contributed by atoms with Crippen molar-refractivity contribution in [3.63, 3.8) is 0 Å². The second kappa shape index (κ2) is 7.65. The molecule has 0 N–H and O–H groups in total. The largest absolute Gasteiger partial charge is 0.0871 e. The first-order valence-corrected chi connectivity index (χ1v) is 10.5. The molecule has 0 aromatic heterocycles. The lowest BCUT2D eigenvalue weighted by molar-refractivity contribution is 1.47. The van der Waals surface area contributed by atoms with Crippen molar-refractivity contribution in [1.29, 1.82) is 0 Å². The Labute approximate surface area is 178 Å². The molecule has 0 atom stereocenters. The van der Waals surface area contributed by atoms with Crippen LogP contribution in [0.3, 0.4) is 0 Å². The highest BCUT2D eigenvalue weighted by atomic mass is 14.2. The zero-order valence-electron chi connectivity index (χ0n) is 17.4. The van der Waals surface area contributed by atoms with E-state index in [1.165, 1.54) is 54.9 Å². The predicted molar refractivity (Wildman–Crippen MR) is 132 cm³/mol. The molecule has 0 fully saturated rings. The van der Waals surface area contributed by atoms with Gasteiger partial charge in [-0.15, -0.1) is 0 Å². The van der Waals surface area contributed by atoms with Crippen LogP contribution in [0.1, 0.15) is 18.1 Å². The Morgan fingerprint density at radius 3 is 1.30 bits per heavy atom. The Kier molecular flexibility index (Phi) is 4.69. The molecule has 0 amide bonds. The van der Waals surface area contributed by atoms with E-state index in [9.17, 15) is 0 Å². The Bertz CT molecular complexity index is 1310. The third-order valence-electron chi connectivity index (χ3n) is 5.83. The molecule has 30 heavy (non-hydrogen) atoms. The minimum absolute atomic E-state index is 1.23. The number of benzene rings is 5. The molecule has 0 heterocycles. The number of rotatable bonds is 3. The molecule has 0 saturated heterocycles. The van der Waals surface area contributed by atoms with Gasteiger partial charge in [-0.3, -0.25) is 0 Å². The summed E-state index contributed by atoms with van der Waals surface area (Å²) >= 11 is 0. The number of aryl methyl sites for hydroxylation is 1. The highest BCUT2D eigenvalue weighted by molar-refractivity contribution is 6.21. The van der Waals surface area contributed by atoms with Crippen molar-refractivity contribution in [2.24, 2.45) is 0 Å². The summed E-state index contributed by atoms with van der Waals surface area (Å²) in [5, 5.41) is 5.19. The third-order valence-corrected chi connectivity index (χ3v) is 5.83. The molecule has 0 unspecified atom stereocenters. The van der Waals surface area contributed by atoms with E-state index in [1.807, 2.05) is 0 Å². The maximum Gasteiger partial charge on any atom is -0.00264 e. The SMILES string of the molecule is CC=Cc1ccc(-c2c3ccccc3c(-c3ccc(C)cc3)c3ccccc23)cc1. The molecule has 5 aromatic rings. The normalized spacial score (nSPS) is 11.5. The molecule has 5 aromatic carbocycles. The summed E-state index contributed by atoms with van der Waals surface area (Å²) in [6, 6.07) is 35.4. The first-order chi connectivity index (χ1) is 14.8. The molecule has 0 heteroatoms. The topological polar surface area (TPSA) is 0 Å². The van der Waals surface area contributed by atoms with E-state index < -0.39 is 0 Å². The number of hydrogen-bond donors (Lipinski definition) is 0. The van der Waals surface area contributed by atoms with Crippen molar-refractivity contribution in [3.8, 4) is 22.3 Å². The van der Waals surface area contributed by atoms with Gasteiger partial charge in [-0.1, -0.05) is 115 Å². The van der Waals surface area contributed by atoms with Gasteiger partial charge in [-0.2, -0.15) is 0 Å². The van der Waals surface area contributed by atoms with E-state index in [-0.39, 0.29) is 0 Å². The van der Waals surface area contributed by atoms with Gasteiger partial charge in [0.05, 0.1) is 0 Å². The zero-order chi connectivity index (χ0) is 20.5. The monoisotopic (exact) mass is 384 g/mol. The first kappa shape index (κ1) is 18.4. The van der Waals surface area contributed by atoms with Crippen LogP contribution in [0.4, 0.5) is 0 Å². The van der Waals surface area contributed by atoms with Crippen molar-refractivity contribution < 1.29 is 0 Å². The minimum atomic E-state index is 1.23. The summed E-state index contributed by atoms with van der Waals surface area (Å²) in [7, 11) is 0. The minimum Gasteiger partial charge on any atom is -0.0871 e. The summed E-state index contributed by atoms with van der Waals surface area (Å²) < 4.78 is 0. The summed E-state index contributed by atoms with van der Waals surface area (Å²) in [6.07, 6.45) is 4.22. The Balaban J connectivity index is 1.89. The second-order valence-electron chi connectivity index (χ2n) is 7.83. The van der Waals surface area contributed by atoms with Gasteiger partial charge in [0.15, 0.2) is 0 Å². The van der Waals surface area contributed by atoms with E-state index in [2.05, 4.69) is 123 Å². The fourth-order valence-corrected chi connectivity index (χ4v) is 4.42. The van der Waals surface area contributed by atoms with Gasteiger partial charge in [0.2, 0.25) is 0 Å². The molecule has 5 rings (SSSR count). The Morgan fingerprint density at radius 2 is 0.900 bits per heavy atom. The van der Waals surface area contributed by atoms with Gasteiger partial charge in [0.1, 0.15) is 0 Å². The van der Waals surface area contributed by atoms with Crippen molar-refractivity contribution in [3.05, 3.63) is 114 Å². The van der Waals surface area contributed by atoms with Crippen LogP contribution in [0.15, 0.2) is 103 Å². The van der Waals surface area contributed by atoms with Gasteiger partial charge >= 0.3 is 0 Å². The fraction of sp³-hybridized carbons (Fsp3) is 0.0667. The third kappa shape index (κ3) is 3.11. The van der Waals surface area contributed by atoms with E-state index in [4.69, 9.17) is 0 Å². The zero-order valence-corrected chi connectivity index (χ0v) is 17.4. The van der Waals surface area contributed by atoms with Crippen LogP contribution in [-0.4, -0.2) is 0 Å². The molecule has 0 aliphatic carbocycles. The smallest absolute Gasteiger partial charge is 0.00264 e. The van der Waals surface area contributed by atoms with Crippen LogP contribution >= 0.6 is 0 Å². The lowest BCUT2D eigenvalue weighted by Crippen LogP contribution is -1.91. The highest BCUT2D eigenvalue weighted by Gasteiger charge is 2.16. The van der Waals surface area contributed by atoms with Gasteiger partial charge in [-0.05, 0) is 63.2 Å². The van der Waals surface area contributed by atoms with Gasteiger partial charge < -0.3 is 0 Å². The van der Waals surface area contributed by atoms with Crippen LogP contribution in [0.25, 0.3) is 49.9 Å². The van der Waals surface area contributed by atoms with Crippen molar-refractivity contribution >= 4 is 27.6 Å². The maximum atomic E-state index is 2.26. The summed E-state index contributed by atoms with van der Waals surface area (Å²) in [5.41, 5.74) is 7.66. The van der Waals surface area contributed by atoms with E-state index in [0.29, 0.717) is 0 Å². The van der Waals surface area contributed by atoms with Crippen LogP contribution < -0.4 is 0 Å². The van der Waals surface area contributed by atoms with Gasteiger partial charge in [0, 0.05) is 0 Å². The number of allylic oxidation sites excluding steroid dienone is 1. The highest BCUT2D eigenvalue weighted by Crippen LogP contribution is 2.43. The quantitative estimate of drug-likeness (QED) is 0.273. The second-order valence-corrected chi connectivity index (χ2v) is 7.83. The molecule has 0 radical (unpaired) electrons. The Morgan fingerprint density at radius 1 is 0.500 bits per heavy atom. The lowest BCUT2D eigenvalue weighted by Gasteiger charge is -2.18. The van der Waals surface area contributed by atoms with Crippen LogP contribution in [0.2, 0.25) is 0 Å². The average Bonchev–Trinajstić information content (AvgIpc) is 2.79. The predicted octanol–water partition coefficient (Wildman–Crippen LogP) is 8.67. The number of fused-ring (bicyclic) bond motifs is 2. The van der Waals surface area contributed by atoms with Crippen LogP contribution in [-0.2, 0) is 0 Å². The van der Waals surface area contributed by atoms with Crippen molar-refractivity contribution in [2.45, 2.75) is 13.8 Å². The fourth-order valence-electron chi connectivity index (χ4n) is 4.42. The molecule has 0 aliphatic rings. The average molecular weight is 385 g/mol. The molecule has 144 valence electrons. The molecule has 0 aliphatic heterocycles. The molecule has 0 nitrogen and oxygen atoms in total. The van der Waals surface area contributed by atoms with Crippen molar-refractivity contribution in [1.82, 2.24) is 0 Å². The van der Waals surface area contributed by atoms with E-state index in [1.54, 1.807) is 0 Å². The lowest BCUT2D eigenvalue weighted by atomic mass is 9.86. The van der Waals surface area contributed by atoms with Crippen LogP contribution in [0.5, 0.6) is 0 Å². The van der Waals surface area contributed by atoms with Gasteiger partial charge in [0.25, 0.3) is 0 Å². The van der Waals surface area contributed by atoms with E-state index in [0.717, 1.165) is 0 Å². The first-order valence-electron chi connectivity index (χ1n) is 10.5. The van der Waals surface area contributed by atoms with Crippen molar-refractivity contribution in [2.75, 3.05) is 0 Å². The summed E-state index contributed by atoms with van der Waals surface area (Å²) in [6.45, 7) is 4.19. The number of hydrogen-bond acceptors (Lipinski definition) is 0. The maximum absolute atomic E-state index is 2.26. The summed E-state index contributed by atoms with van der Waals surface area (Å²) in [4.78, 5) is 0. The van der Waals surface area contributed by atoms with E-state index >= 15 is 0 Å².